The van der Waals surface area contributed by atoms with Gasteiger partial charge in [0, 0.05) is 40.4 Å². The first-order valence-electron chi connectivity index (χ1n) is 8.23. The molecule has 0 saturated carbocycles. The van der Waals surface area contributed by atoms with Crippen LogP contribution in [0, 0.1) is 0 Å². The van der Waals surface area contributed by atoms with Gasteiger partial charge in [-0.25, -0.2) is 4.98 Å². The van der Waals surface area contributed by atoms with Crippen molar-refractivity contribution in [2.75, 3.05) is 36.3 Å². The van der Waals surface area contributed by atoms with Gasteiger partial charge < -0.3 is 15.5 Å². The summed E-state index contributed by atoms with van der Waals surface area (Å²) in [5.74, 6) is 0.127. The highest BCUT2D eigenvalue weighted by Gasteiger charge is 2.13. The monoisotopic (exact) mass is 299 g/mol. The molecule has 0 atom stereocenters. The molecule has 1 amide bonds. The average Bonchev–Trinajstić information content (AvgIpc) is 2.76. The molecular weight excluding hydrogens is 278 g/mol. The number of carbonyl (C=O) groups is 1. The second-order valence-corrected chi connectivity index (χ2v) is 4.88. The van der Waals surface area contributed by atoms with Crippen LogP contribution in [0.25, 0.3) is 0 Å². The van der Waals surface area contributed by atoms with E-state index >= 15 is 0 Å². The third kappa shape index (κ3) is 3.59. The number of carbonyl (C=O) groups excluding carboxylic acids is 1. The summed E-state index contributed by atoms with van der Waals surface area (Å²) in [5, 5.41) is 5.93. The Bertz CT molecular complexity index is 711. The normalized spacial score (nSPS) is 18.8. The Morgan fingerprint density at radius 1 is 1.27 bits per heavy atom. The van der Waals surface area contributed by atoms with E-state index in [1.165, 1.54) is 0 Å². The van der Waals surface area contributed by atoms with Crippen molar-refractivity contribution in [2.45, 2.75) is 6.42 Å². The van der Waals surface area contributed by atoms with Crippen LogP contribution in [0.5, 0.6) is 0 Å². The van der Waals surface area contributed by atoms with E-state index in [2.05, 4.69) is 20.6 Å². The van der Waals surface area contributed by atoms with Crippen molar-refractivity contribution in [1.29, 1.82) is 0 Å². The molecular formula is C16H19N5O. The molecule has 1 aliphatic rings. The molecule has 114 valence electrons. The Morgan fingerprint density at radius 2 is 2.14 bits per heavy atom. The molecule has 1 saturated heterocycles. The zero-order valence-electron chi connectivity index (χ0n) is 14.1. The second-order valence-electron chi connectivity index (χ2n) is 4.88. The molecule has 0 aliphatic carbocycles. The molecule has 0 radical (unpaired) electrons. The summed E-state index contributed by atoms with van der Waals surface area (Å²) < 4.78 is 16.4. The quantitative estimate of drug-likeness (QED) is 0.899. The fourth-order valence-corrected chi connectivity index (χ4v) is 2.20. The lowest BCUT2D eigenvalue weighted by atomic mass is 10.3. The van der Waals surface area contributed by atoms with Gasteiger partial charge in [0.15, 0.2) is 0 Å². The summed E-state index contributed by atoms with van der Waals surface area (Å²) in [7, 11) is 0. The van der Waals surface area contributed by atoms with Crippen LogP contribution in [0.1, 0.15) is 19.7 Å². The SMILES string of the molecule is [2H]C1([2H])CCNCCN1c1cccc(C(=O)Nc2ccncc2)n1. The largest absolute Gasteiger partial charge is 0.355 e. The van der Waals surface area contributed by atoms with Gasteiger partial charge in [0.05, 0.1) is 0 Å². The first kappa shape index (κ1) is 12.1. The summed E-state index contributed by atoms with van der Waals surface area (Å²) in [6, 6.07) is 8.46. The summed E-state index contributed by atoms with van der Waals surface area (Å²) in [4.78, 5) is 22.2. The van der Waals surface area contributed by atoms with Gasteiger partial charge >= 0.3 is 0 Å². The van der Waals surface area contributed by atoms with E-state index in [4.69, 9.17) is 2.74 Å². The molecule has 0 unspecified atom stereocenters. The molecule has 0 aromatic carbocycles. The maximum atomic E-state index is 12.4. The topological polar surface area (TPSA) is 70.2 Å². The van der Waals surface area contributed by atoms with Gasteiger partial charge in [0.25, 0.3) is 5.91 Å². The Labute approximate surface area is 132 Å². The van der Waals surface area contributed by atoms with Gasteiger partial charge in [-0.1, -0.05) is 6.07 Å². The number of rotatable bonds is 3. The standard InChI is InChI=1S/C16H19N5O/c22-16(19-13-5-8-18-9-6-13)14-3-1-4-15(20-14)21-11-2-7-17-10-12-21/h1,3-6,8-9,17H,2,7,10-12H2,(H,18,19,22)/i11D2. The molecule has 2 aromatic rings. The van der Waals surface area contributed by atoms with Crippen LogP contribution in [-0.2, 0) is 0 Å². The highest BCUT2D eigenvalue weighted by Crippen LogP contribution is 2.14. The number of pyridine rings is 2. The van der Waals surface area contributed by atoms with Gasteiger partial charge in [-0.2, -0.15) is 0 Å². The van der Waals surface area contributed by atoms with Gasteiger partial charge in [0.1, 0.15) is 11.5 Å². The van der Waals surface area contributed by atoms with Gasteiger partial charge in [-0.3, -0.25) is 9.78 Å². The van der Waals surface area contributed by atoms with Crippen molar-refractivity contribution >= 4 is 17.4 Å². The smallest absolute Gasteiger partial charge is 0.274 e. The summed E-state index contributed by atoms with van der Waals surface area (Å²) in [5.41, 5.74) is 0.883. The van der Waals surface area contributed by atoms with E-state index in [1.807, 2.05) is 0 Å². The molecule has 1 fully saturated rings. The van der Waals surface area contributed by atoms with Crippen LogP contribution in [-0.4, -0.2) is 42.0 Å². The lowest BCUT2D eigenvalue weighted by molar-refractivity contribution is 0.102. The molecule has 2 N–H and O–H groups in total. The molecule has 0 bridgehead atoms. The molecule has 3 heterocycles. The molecule has 0 spiro atoms. The minimum absolute atomic E-state index is 0.248. The zero-order valence-corrected chi connectivity index (χ0v) is 12.1. The van der Waals surface area contributed by atoms with Gasteiger partial charge in [-0.15, -0.1) is 0 Å². The van der Waals surface area contributed by atoms with Crippen molar-refractivity contribution in [1.82, 2.24) is 15.3 Å². The fraction of sp³-hybridized carbons (Fsp3) is 0.312. The summed E-state index contributed by atoms with van der Waals surface area (Å²) >= 11 is 0. The Morgan fingerprint density at radius 3 is 3.00 bits per heavy atom. The molecule has 6 nitrogen and oxygen atoms in total. The predicted molar refractivity (Wildman–Crippen MR) is 86.1 cm³/mol. The van der Waals surface area contributed by atoms with Crippen molar-refractivity contribution < 1.29 is 7.54 Å². The third-order valence-corrected chi connectivity index (χ3v) is 3.30. The van der Waals surface area contributed by atoms with Crippen molar-refractivity contribution in [3.63, 3.8) is 0 Å². The maximum absolute atomic E-state index is 12.4. The van der Waals surface area contributed by atoms with E-state index < -0.39 is 6.50 Å². The van der Waals surface area contributed by atoms with E-state index in [9.17, 15) is 4.79 Å². The second kappa shape index (κ2) is 7.00. The molecule has 3 rings (SSSR count). The molecule has 1 aliphatic heterocycles. The number of hydrogen-bond acceptors (Lipinski definition) is 5. The van der Waals surface area contributed by atoms with E-state index in [-0.39, 0.29) is 11.6 Å². The van der Waals surface area contributed by atoms with Crippen LogP contribution in [0.2, 0.25) is 0 Å². The number of nitrogens with zero attached hydrogens (tertiary/aromatic N) is 3. The third-order valence-electron chi connectivity index (χ3n) is 3.30. The van der Waals surface area contributed by atoms with Crippen LogP contribution < -0.4 is 15.5 Å². The van der Waals surface area contributed by atoms with Gasteiger partial charge in [0.2, 0.25) is 0 Å². The number of nitrogens with one attached hydrogen (secondary N) is 2. The lowest BCUT2D eigenvalue weighted by Gasteiger charge is -2.21. The predicted octanol–water partition coefficient (Wildman–Crippen LogP) is 1.53. The van der Waals surface area contributed by atoms with Gasteiger partial charge in [-0.05, 0) is 37.2 Å². The average molecular weight is 299 g/mol. The van der Waals surface area contributed by atoms with E-state index in [1.54, 1.807) is 47.6 Å². The number of hydrogen-bond donors (Lipinski definition) is 2. The van der Waals surface area contributed by atoms with Crippen molar-refractivity contribution in [3.8, 4) is 0 Å². The van der Waals surface area contributed by atoms with Crippen LogP contribution in [0.4, 0.5) is 11.5 Å². The minimum atomic E-state index is -1.50. The number of anilines is 2. The Hall–Kier alpha value is -2.47. The fourth-order valence-electron chi connectivity index (χ4n) is 2.20. The first-order valence-corrected chi connectivity index (χ1v) is 7.23. The van der Waals surface area contributed by atoms with Crippen LogP contribution >= 0.6 is 0 Å². The molecule has 22 heavy (non-hydrogen) atoms. The Balaban J connectivity index is 1.82. The maximum Gasteiger partial charge on any atom is 0.274 e. The Kier molecular flexibility index (Phi) is 3.85. The summed E-state index contributed by atoms with van der Waals surface area (Å²) in [6.07, 6.45) is 3.55. The first-order chi connectivity index (χ1) is 11.6. The van der Waals surface area contributed by atoms with Crippen molar-refractivity contribution in [2.24, 2.45) is 0 Å². The zero-order chi connectivity index (χ0) is 17.0. The highest BCUT2D eigenvalue weighted by atomic mass is 16.1. The van der Waals surface area contributed by atoms with E-state index in [0.717, 1.165) is 0 Å². The van der Waals surface area contributed by atoms with Crippen molar-refractivity contribution in [3.05, 3.63) is 48.4 Å². The number of amides is 1. The van der Waals surface area contributed by atoms with Crippen LogP contribution in [0.15, 0.2) is 42.7 Å². The summed E-state index contributed by atoms with van der Waals surface area (Å²) in [6.45, 7) is 0.284. The minimum Gasteiger partial charge on any atom is -0.355 e. The lowest BCUT2D eigenvalue weighted by Crippen LogP contribution is -2.29. The molecule has 2 aromatic heterocycles. The van der Waals surface area contributed by atoms with Crippen LogP contribution in [0.3, 0.4) is 0 Å². The highest BCUT2D eigenvalue weighted by molar-refractivity contribution is 6.03. The molecule has 6 heteroatoms. The van der Waals surface area contributed by atoms with E-state index in [0.29, 0.717) is 37.6 Å². The number of aromatic nitrogens is 2.